The predicted octanol–water partition coefficient (Wildman–Crippen LogP) is 3.08. The molecule has 1 amide bonds. The number of hydrogen-bond acceptors (Lipinski definition) is 4. The third kappa shape index (κ3) is 5.46. The monoisotopic (exact) mass is 549 g/mol. The van der Waals surface area contributed by atoms with E-state index in [1.54, 1.807) is 6.07 Å². The first kappa shape index (κ1) is 24.2. The number of guanidine groups is 1. The first-order chi connectivity index (χ1) is 15.2. The van der Waals surface area contributed by atoms with E-state index in [2.05, 4.69) is 26.2 Å². The quantitative estimate of drug-likeness (QED) is 0.349. The number of fused-ring (bicyclic) bond motifs is 1. The molecule has 172 valence electrons. The number of aromatic hydroxyl groups is 1. The zero-order chi connectivity index (χ0) is 21.6. The van der Waals surface area contributed by atoms with Crippen molar-refractivity contribution in [1.82, 2.24) is 10.2 Å². The average Bonchev–Trinajstić information content (AvgIpc) is 2.82. The van der Waals surface area contributed by atoms with Gasteiger partial charge in [0.25, 0.3) is 0 Å². The second kappa shape index (κ2) is 11.4. The Labute approximate surface area is 207 Å². The number of phenolic OH excluding ortho intramolecular Hbond substituents is 1. The molecule has 4 rings (SSSR count). The smallest absolute Gasteiger partial charge is 0.248 e. The van der Waals surface area contributed by atoms with Gasteiger partial charge < -0.3 is 25.1 Å². The molecule has 8 heteroatoms. The SMILES string of the molecule is CCNC(=NCC(=O)N1CCCc2ccccc21)N1CCN(c2ccccc2O)CC1.I. The van der Waals surface area contributed by atoms with Gasteiger partial charge in [-0.3, -0.25) is 4.79 Å². The van der Waals surface area contributed by atoms with Crippen molar-refractivity contribution in [3.8, 4) is 5.75 Å². The van der Waals surface area contributed by atoms with E-state index in [1.807, 2.05) is 48.2 Å². The lowest BCUT2D eigenvalue weighted by molar-refractivity contribution is -0.117. The third-order valence-electron chi connectivity index (χ3n) is 5.91. The highest BCUT2D eigenvalue weighted by molar-refractivity contribution is 14.0. The molecule has 2 aromatic carbocycles. The van der Waals surface area contributed by atoms with E-state index in [9.17, 15) is 9.90 Å². The Hall–Kier alpha value is -2.49. The topological polar surface area (TPSA) is 71.4 Å². The number of halogens is 1. The van der Waals surface area contributed by atoms with Crippen LogP contribution in [0.25, 0.3) is 0 Å². The summed E-state index contributed by atoms with van der Waals surface area (Å²) >= 11 is 0. The maximum atomic E-state index is 13.0. The minimum Gasteiger partial charge on any atom is -0.506 e. The summed E-state index contributed by atoms with van der Waals surface area (Å²) in [5.74, 6) is 1.12. The van der Waals surface area contributed by atoms with E-state index in [0.717, 1.165) is 69.4 Å². The summed E-state index contributed by atoms with van der Waals surface area (Å²) in [4.78, 5) is 23.9. The standard InChI is InChI=1S/C24H31N5O2.HI/c1-2-25-24(28-16-14-27(15-17-28)21-11-5-6-12-22(21)30)26-18-23(31)29-13-7-9-19-8-3-4-10-20(19)29;/h3-6,8,10-12,30H,2,7,9,13-18H2,1H3,(H,25,26);1H. The molecule has 2 aromatic rings. The third-order valence-corrected chi connectivity index (χ3v) is 5.91. The summed E-state index contributed by atoms with van der Waals surface area (Å²) < 4.78 is 0. The molecule has 0 unspecified atom stereocenters. The zero-order valence-electron chi connectivity index (χ0n) is 18.5. The molecule has 0 aliphatic carbocycles. The van der Waals surface area contributed by atoms with Crippen LogP contribution >= 0.6 is 24.0 Å². The number of nitrogens with one attached hydrogen (secondary N) is 1. The van der Waals surface area contributed by atoms with Crippen LogP contribution in [0.15, 0.2) is 53.5 Å². The highest BCUT2D eigenvalue weighted by Gasteiger charge is 2.24. The number of rotatable bonds is 4. The highest BCUT2D eigenvalue weighted by Crippen LogP contribution is 2.28. The minimum atomic E-state index is 0. The van der Waals surface area contributed by atoms with Gasteiger partial charge in [0.05, 0.1) is 5.69 Å². The van der Waals surface area contributed by atoms with Crippen molar-refractivity contribution >= 4 is 47.2 Å². The van der Waals surface area contributed by atoms with Gasteiger partial charge in [0.1, 0.15) is 12.3 Å². The molecular formula is C24H32IN5O2. The Bertz CT molecular complexity index is 943. The van der Waals surface area contributed by atoms with E-state index < -0.39 is 0 Å². The Morgan fingerprint density at radius 3 is 2.41 bits per heavy atom. The number of aliphatic imine (C=N–C) groups is 1. The molecular weight excluding hydrogens is 517 g/mol. The minimum absolute atomic E-state index is 0. The van der Waals surface area contributed by atoms with Crippen LogP contribution in [0.3, 0.4) is 0 Å². The van der Waals surface area contributed by atoms with Gasteiger partial charge >= 0.3 is 0 Å². The average molecular weight is 549 g/mol. The first-order valence-electron chi connectivity index (χ1n) is 11.1. The first-order valence-corrected chi connectivity index (χ1v) is 11.1. The zero-order valence-corrected chi connectivity index (χ0v) is 20.9. The van der Waals surface area contributed by atoms with Crippen LogP contribution in [-0.2, 0) is 11.2 Å². The summed E-state index contributed by atoms with van der Waals surface area (Å²) in [5, 5.41) is 13.5. The molecule has 2 N–H and O–H groups in total. The molecule has 1 fully saturated rings. The second-order valence-electron chi connectivity index (χ2n) is 7.91. The van der Waals surface area contributed by atoms with Crippen LogP contribution in [0.2, 0.25) is 0 Å². The van der Waals surface area contributed by atoms with Gasteiger partial charge in [-0.15, -0.1) is 24.0 Å². The van der Waals surface area contributed by atoms with E-state index in [4.69, 9.17) is 0 Å². The number of para-hydroxylation sites is 3. The molecule has 0 aromatic heterocycles. The van der Waals surface area contributed by atoms with E-state index in [-0.39, 0.29) is 36.4 Å². The number of hydrogen-bond donors (Lipinski definition) is 2. The molecule has 2 aliphatic rings. The highest BCUT2D eigenvalue weighted by atomic mass is 127. The van der Waals surface area contributed by atoms with Crippen molar-refractivity contribution in [1.29, 1.82) is 0 Å². The van der Waals surface area contributed by atoms with Gasteiger partial charge in [-0.25, -0.2) is 4.99 Å². The van der Waals surface area contributed by atoms with Gasteiger partial charge in [-0.05, 0) is 43.5 Å². The lowest BCUT2D eigenvalue weighted by Crippen LogP contribution is -2.53. The maximum Gasteiger partial charge on any atom is 0.248 e. The Kier molecular flexibility index (Phi) is 8.60. The van der Waals surface area contributed by atoms with Crippen molar-refractivity contribution < 1.29 is 9.90 Å². The molecule has 0 saturated carbocycles. The largest absolute Gasteiger partial charge is 0.506 e. The Balaban J connectivity index is 0.00000289. The van der Waals surface area contributed by atoms with Crippen LogP contribution in [0.5, 0.6) is 5.75 Å². The Morgan fingerprint density at radius 1 is 1.00 bits per heavy atom. The van der Waals surface area contributed by atoms with Gasteiger partial charge in [-0.2, -0.15) is 0 Å². The van der Waals surface area contributed by atoms with Crippen molar-refractivity contribution in [2.45, 2.75) is 19.8 Å². The molecule has 1 saturated heterocycles. The van der Waals surface area contributed by atoms with Crippen LogP contribution in [0, 0.1) is 0 Å². The number of piperazine rings is 1. The fraction of sp³-hybridized carbons (Fsp3) is 0.417. The fourth-order valence-electron chi connectivity index (χ4n) is 4.34. The summed E-state index contributed by atoms with van der Waals surface area (Å²) in [6.45, 7) is 6.81. The number of phenols is 1. The summed E-state index contributed by atoms with van der Waals surface area (Å²) in [5.41, 5.74) is 3.12. The number of amides is 1. The number of benzene rings is 2. The van der Waals surface area contributed by atoms with Crippen LogP contribution in [0.1, 0.15) is 18.9 Å². The number of aryl methyl sites for hydroxylation is 1. The Morgan fingerprint density at radius 2 is 1.69 bits per heavy atom. The lowest BCUT2D eigenvalue weighted by atomic mass is 10.0. The van der Waals surface area contributed by atoms with Crippen molar-refractivity contribution in [2.24, 2.45) is 4.99 Å². The van der Waals surface area contributed by atoms with Crippen LogP contribution in [-0.4, -0.2) is 67.7 Å². The van der Waals surface area contributed by atoms with Crippen molar-refractivity contribution in [3.05, 3.63) is 54.1 Å². The maximum absolute atomic E-state index is 13.0. The molecule has 0 atom stereocenters. The van der Waals surface area contributed by atoms with E-state index in [1.165, 1.54) is 5.56 Å². The number of carbonyl (C=O) groups excluding carboxylic acids is 1. The van der Waals surface area contributed by atoms with Crippen molar-refractivity contribution in [2.75, 3.05) is 55.6 Å². The number of nitrogens with zero attached hydrogens (tertiary/aromatic N) is 4. The van der Waals surface area contributed by atoms with E-state index >= 15 is 0 Å². The normalized spacial score (nSPS) is 16.3. The van der Waals surface area contributed by atoms with Crippen molar-refractivity contribution in [3.63, 3.8) is 0 Å². The number of carbonyl (C=O) groups is 1. The predicted molar refractivity (Wildman–Crippen MR) is 140 cm³/mol. The van der Waals surface area contributed by atoms with Crippen LogP contribution in [0.4, 0.5) is 11.4 Å². The second-order valence-corrected chi connectivity index (χ2v) is 7.91. The van der Waals surface area contributed by atoms with Gasteiger partial charge in [-0.1, -0.05) is 30.3 Å². The summed E-state index contributed by atoms with van der Waals surface area (Å²) in [6.07, 6.45) is 2.01. The lowest BCUT2D eigenvalue weighted by Gasteiger charge is -2.38. The van der Waals surface area contributed by atoms with Gasteiger partial charge in [0.15, 0.2) is 5.96 Å². The number of anilines is 2. The molecule has 0 spiro atoms. The molecule has 2 aliphatic heterocycles. The fourth-order valence-corrected chi connectivity index (χ4v) is 4.34. The summed E-state index contributed by atoms with van der Waals surface area (Å²) in [7, 11) is 0. The van der Waals surface area contributed by atoms with Gasteiger partial charge in [0.2, 0.25) is 5.91 Å². The van der Waals surface area contributed by atoms with Gasteiger partial charge in [0, 0.05) is 45.0 Å². The molecule has 2 heterocycles. The van der Waals surface area contributed by atoms with Crippen LogP contribution < -0.4 is 15.1 Å². The molecule has 0 bridgehead atoms. The van der Waals surface area contributed by atoms with E-state index in [0.29, 0.717) is 5.75 Å². The molecule has 32 heavy (non-hydrogen) atoms. The molecule has 7 nitrogen and oxygen atoms in total. The molecule has 0 radical (unpaired) electrons. The summed E-state index contributed by atoms with van der Waals surface area (Å²) in [6, 6.07) is 15.6.